The van der Waals surface area contributed by atoms with E-state index in [2.05, 4.69) is 11.4 Å². The zero-order valence-electron chi connectivity index (χ0n) is 19.9. The van der Waals surface area contributed by atoms with E-state index in [1.807, 2.05) is 54.8 Å². The topological polar surface area (TPSA) is 85.7 Å². The zero-order chi connectivity index (χ0) is 24.9. The second-order valence-corrected chi connectivity index (χ2v) is 8.94. The number of ether oxygens (including phenoxy) is 1. The first-order chi connectivity index (χ1) is 17.1. The molecule has 1 N–H and O–H groups in total. The van der Waals surface area contributed by atoms with Crippen molar-refractivity contribution in [1.82, 2.24) is 9.80 Å². The zero-order valence-corrected chi connectivity index (χ0v) is 20.7. The Balaban J connectivity index is 1.72. The van der Waals surface area contributed by atoms with Crippen LogP contribution in [0, 0.1) is 11.3 Å². The van der Waals surface area contributed by atoms with Crippen molar-refractivity contribution in [2.24, 2.45) is 0 Å². The number of nitrogens with zero attached hydrogens (tertiary/aromatic N) is 3. The van der Waals surface area contributed by atoms with Crippen LogP contribution in [0.2, 0.25) is 0 Å². The second-order valence-electron chi connectivity index (χ2n) is 7.91. The van der Waals surface area contributed by atoms with Gasteiger partial charge >= 0.3 is 6.03 Å². The summed E-state index contributed by atoms with van der Waals surface area (Å²) in [5.74, 6) is -0.131. The largest absolute Gasteiger partial charge is 0.382 e. The van der Waals surface area contributed by atoms with Crippen LogP contribution >= 0.6 is 11.3 Å². The number of hydrogen-bond acceptors (Lipinski definition) is 5. The maximum atomic E-state index is 13.5. The van der Waals surface area contributed by atoms with Crippen molar-refractivity contribution in [2.75, 3.05) is 31.6 Å². The summed E-state index contributed by atoms with van der Waals surface area (Å²) in [6.07, 6.45) is 0.617. The molecule has 0 aliphatic carbocycles. The number of anilines is 1. The van der Waals surface area contributed by atoms with E-state index in [0.717, 1.165) is 10.4 Å². The van der Waals surface area contributed by atoms with Gasteiger partial charge in [0, 0.05) is 36.9 Å². The molecule has 0 fully saturated rings. The van der Waals surface area contributed by atoms with E-state index in [-0.39, 0.29) is 18.5 Å². The fraction of sp³-hybridized carbons (Fsp3) is 0.296. The number of carbonyl (C=O) groups is 2. The molecule has 3 rings (SSSR count). The maximum Gasteiger partial charge on any atom is 0.322 e. The van der Waals surface area contributed by atoms with Crippen LogP contribution in [0.4, 0.5) is 10.5 Å². The van der Waals surface area contributed by atoms with Crippen molar-refractivity contribution in [1.29, 1.82) is 5.26 Å². The Kier molecular flexibility index (Phi) is 10.3. The van der Waals surface area contributed by atoms with Gasteiger partial charge in [-0.15, -0.1) is 11.3 Å². The van der Waals surface area contributed by atoms with Gasteiger partial charge in [0.05, 0.1) is 18.2 Å². The van der Waals surface area contributed by atoms with Gasteiger partial charge in [0.2, 0.25) is 5.91 Å². The van der Waals surface area contributed by atoms with E-state index in [1.54, 1.807) is 40.5 Å². The number of nitrogens with one attached hydrogen (secondary N) is 1. The smallest absolute Gasteiger partial charge is 0.322 e. The molecule has 2 aromatic carbocycles. The maximum absolute atomic E-state index is 13.5. The van der Waals surface area contributed by atoms with Crippen molar-refractivity contribution in [3.8, 4) is 6.07 Å². The summed E-state index contributed by atoms with van der Waals surface area (Å²) in [6, 6.07) is 22.1. The highest BCUT2D eigenvalue weighted by Crippen LogP contribution is 2.16. The molecule has 35 heavy (non-hydrogen) atoms. The summed E-state index contributed by atoms with van der Waals surface area (Å²) >= 11 is 1.60. The highest BCUT2D eigenvalue weighted by atomic mass is 32.1. The lowest BCUT2D eigenvalue weighted by Crippen LogP contribution is -2.44. The number of thiophene rings is 1. The summed E-state index contributed by atoms with van der Waals surface area (Å²) in [5, 5.41) is 13.8. The van der Waals surface area contributed by atoms with Crippen LogP contribution < -0.4 is 5.32 Å². The fourth-order valence-corrected chi connectivity index (χ4v) is 4.19. The molecule has 1 aromatic heterocycles. The minimum Gasteiger partial charge on any atom is -0.382 e. The van der Waals surface area contributed by atoms with Gasteiger partial charge in [-0.3, -0.25) is 4.79 Å². The van der Waals surface area contributed by atoms with E-state index in [4.69, 9.17) is 10.00 Å². The quantitative estimate of drug-likeness (QED) is 0.358. The van der Waals surface area contributed by atoms with Gasteiger partial charge in [0.15, 0.2) is 0 Å². The molecule has 1 heterocycles. The molecule has 182 valence electrons. The van der Waals surface area contributed by atoms with Crippen LogP contribution in [0.15, 0.2) is 72.1 Å². The summed E-state index contributed by atoms with van der Waals surface area (Å²) in [7, 11) is 0. The first-order valence-corrected chi connectivity index (χ1v) is 12.4. The predicted octanol–water partition coefficient (Wildman–Crippen LogP) is 5.11. The SMILES string of the molecule is CCOCCCN(CC(=O)N(Cc1ccccc1)Cc1cccs1)C(=O)Nc1ccc(C#N)cc1. The molecule has 0 saturated heterocycles. The molecule has 0 saturated carbocycles. The molecule has 0 spiro atoms. The van der Waals surface area contributed by atoms with Gasteiger partial charge in [0.1, 0.15) is 6.54 Å². The average molecular weight is 491 g/mol. The van der Waals surface area contributed by atoms with E-state index >= 15 is 0 Å². The second kappa shape index (κ2) is 13.9. The van der Waals surface area contributed by atoms with Gasteiger partial charge in [-0.05, 0) is 54.6 Å². The lowest BCUT2D eigenvalue weighted by Gasteiger charge is -2.28. The normalized spacial score (nSPS) is 10.4. The van der Waals surface area contributed by atoms with E-state index in [0.29, 0.717) is 50.5 Å². The summed E-state index contributed by atoms with van der Waals surface area (Å²) < 4.78 is 5.43. The number of nitriles is 1. The molecule has 3 amide bonds. The molecular formula is C27H30N4O3S. The summed E-state index contributed by atoms with van der Waals surface area (Å²) in [6.45, 7) is 4.30. The van der Waals surface area contributed by atoms with Crippen molar-refractivity contribution in [2.45, 2.75) is 26.4 Å². The Morgan fingerprint density at radius 2 is 1.77 bits per heavy atom. The highest BCUT2D eigenvalue weighted by molar-refractivity contribution is 7.09. The van der Waals surface area contributed by atoms with E-state index in [9.17, 15) is 9.59 Å². The Morgan fingerprint density at radius 1 is 1.00 bits per heavy atom. The molecule has 0 bridgehead atoms. The Bertz CT molecular complexity index is 1100. The number of benzene rings is 2. The predicted molar refractivity (Wildman–Crippen MR) is 138 cm³/mol. The third-order valence-corrected chi connectivity index (χ3v) is 6.16. The highest BCUT2D eigenvalue weighted by Gasteiger charge is 2.22. The number of amides is 3. The lowest BCUT2D eigenvalue weighted by atomic mass is 10.2. The van der Waals surface area contributed by atoms with Crippen LogP contribution in [-0.4, -0.2) is 48.0 Å². The standard InChI is InChI=1S/C27H30N4O3S/c1-2-34-16-7-15-30(27(33)29-24-13-11-22(18-28)12-14-24)21-26(32)31(20-25-10-6-17-35-25)19-23-8-4-3-5-9-23/h3-6,8-14,17H,2,7,15-16,19-21H2,1H3,(H,29,33). The number of urea groups is 1. The molecule has 3 aromatic rings. The number of hydrogen-bond donors (Lipinski definition) is 1. The average Bonchev–Trinajstić information content (AvgIpc) is 3.39. The van der Waals surface area contributed by atoms with Crippen molar-refractivity contribution >= 4 is 29.0 Å². The Labute approximate surface area is 210 Å². The minimum atomic E-state index is -0.365. The molecule has 8 heteroatoms. The molecule has 0 aliphatic heterocycles. The number of rotatable bonds is 12. The van der Waals surface area contributed by atoms with Crippen molar-refractivity contribution < 1.29 is 14.3 Å². The van der Waals surface area contributed by atoms with Gasteiger partial charge in [-0.2, -0.15) is 5.26 Å². The van der Waals surface area contributed by atoms with Crippen molar-refractivity contribution in [3.05, 3.63) is 88.1 Å². The molecule has 7 nitrogen and oxygen atoms in total. The monoisotopic (exact) mass is 490 g/mol. The van der Waals surface area contributed by atoms with Gasteiger partial charge in [-0.25, -0.2) is 4.79 Å². The lowest BCUT2D eigenvalue weighted by molar-refractivity contribution is -0.133. The molecule has 0 radical (unpaired) electrons. The van der Waals surface area contributed by atoms with Crippen LogP contribution in [-0.2, 0) is 22.6 Å². The van der Waals surface area contributed by atoms with Gasteiger partial charge in [-0.1, -0.05) is 36.4 Å². The molecule has 0 atom stereocenters. The molecular weight excluding hydrogens is 460 g/mol. The van der Waals surface area contributed by atoms with Crippen LogP contribution in [0.1, 0.15) is 29.3 Å². The summed E-state index contributed by atoms with van der Waals surface area (Å²) in [5.41, 5.74) is 2.11. The van der Waals surface area contributed by atoms with E-state index < -0.39 is 0 Å². The van der Waals surface area contributed by atoms with Gasteiger partial charge in [0.25, 0.3) is 0 Å². The van der Waals surface area contributed by atoms with Crippen LogP contribution in [0.5, 0.6) is 0 Å². The first kappa shape index (κ1) is 25.9. The minimum absolute atomic E-state index is 0.0492. The first-order valence-electron chi connectivity index (χ1n) is 11.6. The molecule has 0 aliphatic rings. The Hall–Kier alpha value is -3.67. The van der Waals surface area contributed by atoms with Crippen molar-refractivity contribution in [3.63, 3.8) is 0 Å². The number of carbonyl (C=O) groups excluding carboxylic acids is 2. The molecule has 0 unspecified atom stereocenters. The summed E-state index contributed by atoms with van der Waals surface area (Å²) in [4.78, 5) is 30.9. The van der Waals surface area contributed by atoms with Gasteiger partial charge < -0.3 is 19.9 Å². The van der Waals surface area contributed by atoms with Crippen LogP contribution in [0.3, 0.4) is 0 Å². The fourth-order valence-electron chi connectivity index (χ4n) is 3.47. The Morgan fingerprint density at radius 3 is 2.43 bits per heavy atom. The van der Waals surface area contributed by atoms with E-state index in [1.165, 1.54) is 4.90 Å². The third-order valence-electron chi connectivity index (χ3n) is 5.30. The third kappa shape index (κ3) is 8.56. The van der Waals surface area contributed by atoms with Crippen LogP contribution in [0.25, 0.3) is 0 Å².